The maximum absolute atomic E-state index is 12.3. The molecule has 5 heteroatoms. The second-order valence-electron chi connectivity index (χ2n) is 6.47. The van der Waals surface area contributed by atoms with Gasteiger partial charge in [-0.3, -0.25) is 9.78 Å². The molecule has 0 radical (unpaired) electrons. The highest BCUT2D eigenvalue weighted by atomic mass is 16.3. The van der Waals surface area contributed by atoms with E-state index in [4.69, 9.17) is 0 Å². The summed E-state index contributed by atoms with van der Waals surface area (Å²) in [4.78, 5) is 20.7. The van der Waals surface area contributed by atoms with Gasteiger partial charge in [0.2, 0.25) is 0 Å². The van der Waals surface area contributed by atoms with Gasteiger partial charge in [0.05, 0.1) is 0 Å². The zero-order valence-electron chi connectivity index (χ0n) is 13.8. The van der Waals surface area contributed by atoms with E-state index in [0.29, 0.717) is 25.4 Å². The van der Waals surface area contributed by atoms with Crippen molar-refractivity contribution in [3.8, 4) is 0 Å². The first kappa shape index (κ1) is 16.7. The fourth-order valence-corrected chi connectivity index (χ4v) is 2.88. The van der Waals surface area contributed by atoms with Crippen LogP contribution in [0, 0.1) is 12.8 Å². The summed E-state index contributed by atoms with van der Waals surface area (Å²) in [6.07, 6.45) is 2.41. The number of anilines is 1. The van der Waals surface area contributed by atoms with Crippen LogP contribution in [0.3, 0.4) is 0 Å². The summed E-state index contributed by atoms with van der Waals surface area (Å²) < 4.78 is 0. The van der Waals surface area contributed by atoms with Crippen LogP contribution in [0.1, 0.15) is 32.4 Å². The predicted molar refractivity (Wildman–Crippen MR) is 87.8 cm³/mol. The van der Waals surface area contributed by atoms with Gasteiger partial charge in [-0.15, -0.1) is 0 Å². The van der Waals surface area contributed by atoms with E-state index in [2.05, 4.69) is 16.0 Å². The minimum Gasteiger partial charge on any atom is -0.383 e. The smallest absolute Gasteiger partial charge is 0.251 e. The van der Waals surface area contributed by atoms with Gasteiger partial charge in [0.25, 0.3) is 5.91 Å². The number of aromatic nitrogens is 1. The quantitative estimate of drug-likeness (QED) is 0.922. The van der Waals surface area contributed by atoms with Crippen LogP contribution in [0.25, 0.3) is 0 Å². The topological polar surface area (TPSA) is 56.7 Å². The van der Waals surface area contributed by atoms with Gasteiger partial charge in [-0.2, -0.15) is 0 Å². The highest BCUT2D eigenvalue weighted by Crippen LogP contribution is 2.17. The molecular formula is C17H27N3O2. The Kier molecular flexibility index (Phi) is 5.77. The highest BCUT2D eigenvalue weighted by Gasteiger charge is 2.25. The Balaban J connectivity index is 1.96. The average Bonchev–Trinajstić information content (AvgIpc) is 2.71. The van der Waals surface area contributed by atoms with Crippen molar-refractivity contribution in [2.75, 3.05) is 31.1 Å². The van der Waals surface area contributed by atoms with E-state index in [1.165, 1.54) is 0 Å². The van der Waals surface area contributed by atoms with Gasteiger partial charge in [-0.25, -0.2) is 0 Å². The Morgan fingerprint density at radius 2 is 2.09 bits per heavy atom. The van der Waals surface area contributed by atoms with Gasteiger partial charge < -0.3 is 14.9 Å². The molecule has 0 spiro atoms. The molecule has 122 valence electrons. The molecule has 1 amide bonds. The SMILES string of the molecule is Cc1cc(N2CCCN(C(=O)[C@H](O)CC(C)C)CC2)ccn1. The van der Waals surface area contributed by atoms with Crippen molar-refractivity contribution in [1.29, 1.82) is 0 Å². The Bertz CT molecular complexity index is 504. The van der Waals surface area contributed by atoms with Gasteiger partial charge in [0, 0.05) is 43.8 Å². The van der Waals surface area contributed by atoms with Crippen molar-refractivity contribution >= 4 is 11.6 Å². The summed E-state index contributed by atoms with van der Waals surface area (Å²) in [6, 6.07) is 4.09. The molecule has 1 N–H and O–H groups in total. The van der Waals surface area contributed by atoms with E-state index in [1.807, 2.05) is 33.0 Å². The van der Waals surface area contributed by atoms with E-state index in [9.17, 15) is 9.90 Å². The van der Waals surface area contributed by atoms with Crippen LogP contribution >= 0.6 is 0 Å². The van der Waals surface area contributed by atoms with Crippen molar-refractivity contribution in [1.82, 2.24) is 9.88 Å². The lowest BCUT2D eigenvalue weighted by atomic mass is 10.1. The number of hydrogen-bond acceptors (Lipinski definition) is 4. The summed E-state index contributed by atoms with van der Waals surface area (Å²) in [5.74, 6) is 0.198. The molecule has 1 aliphatic rings. The van der Waals surface area contributed by atoms with Crippen molar-refractivity contribution in [2.45, 2.75) is 39.7 Å². The van der Waals surface area contributed by atoms with Crippen molar-refractivity contribution in [3.63, 3.8) is 0 Å². The fraction of sp³-hybridized carbons (Fsp3) is 0.647. The fourth-order valence-electron chi connectivity index (χ4n) is 2.88. The molecule has 5 nitrogen and oxygen atoms in total. The molecule has 1 aliphatic heterocycles. The largest absolute Gasteiger partial charge is 0.383 e. The van der Waals surface area contributed by atoms with Crippen LogP contribution in [-0.2, 0) is 4.79 Å². The molecule has 0 saturated carbocycles. The first-order valence-corrected chi connectivity index (χ1v) is 8.12. The summed E-state index contributed by atoms with van der Waals surface area (Å²) in [5, 5.41) is 10.0. The Morgan fingerprint density at radius 1 is 1.32 bits per heavy atom. The number of carbonyl (C=O) groups excluding carboxylic acids is 1. The van der Waals surface area contributed by atoms with Crippen LogP contribution in [-0.4, -0.2) is 53.2 Å². The minimum absolute atomic E-state index is 0.124. The molecule has 0 bridgehead atoms. The van der Waals surface area contributed by atoms with Gasteiger partial charge in [-0.1, -0.05) is 13.8 Å². The second-order valence-corrected chi connectivity index (χ2v) is 6.47. The number of aryl methyl sites for hydroxylation is 1. The summed E-state index contributed by atoms with van der Waals surface area (Å²) in [7, 11) is 0. The molecule has 2 heterocycles. The maximum atomic E-state index is 12.3. The monoisotopic (exact) mass is 305 g/mol. The molecular weight excluding hydrogens is 278 g/mol. The standard InChI is InChI=1S/C17H27N3O2/c1-13(2)11-16(21)17(22)20-8-4-7-19(9-10-20)15-5-6-18-14(3)12-15/h5-6,12-13,16,21H,4,7-11H2,1-3H3/t16-/m1/s1. The molecule has 1 aromatic heterocycles. The first-order valence-electron chi connectivity index (χ1n) is 8.12. The van der Waals surface area contributed by atoms with Crippen LogP contribution in [0.2, 0.25) is 0 Å². The highest BCUT2D eigenvalue weighted by molar-refractivity contribution is 5.80. The van der Waals surface area contributed by atoms with Crippen LogP contribution in [0.4, 0.5) is 5.69 Å². The molecule has 22 heavy (non-hydrogen) atoms. The van der Waals surface area contributed by atoms with Gasteiger partial charge in [0.15, 0.2) is 0 Å². The number of pyridine rings is 1. The average molecular weight is 305 g/mol. The number of nitrogens with zero attached hydrogens (tertiary/aromatic N) is 3. The van der Waals surface area contributed by atoms with Gasteiger partial charge in [-0.05, 0) is 37.8 Å². The molecule has 1 saturated heterocycles. The zero-order chi connectivity index (χ0) is 16.1. The second kappa shape index (κ2) is 7.58. The molecule has 0 unspecified atom stereocenters. The van der Waals surface area contributed by atoms with Crippen molar-refractivity contribution < 1.29 is 9.90 Å². The summed E-state index contributed by atoms with van der Waals surface area (Å²) in [6.45, 7) is 9.12. The predicted octanol–water partition coefficient (Wildman–Crippen LogP) is 1.84. The van der Waals surface area contributed by atoms with Crippen LogP contribution in [0.15, 0.2) is 18.3 Å². The normalized spacial score (nSPS) is 17.5. The Hall–Kier alpha value is -1.62. The molecule has 1 atom stereocenters. The lowest BCUT2D eigenvalue weighted by Crippen LogP contribution is -2.41. The molecule has 2 rings (SSSR count). The number of hydrogen-bond donors (Lipinski definition) is 1. The van der Waals surface area contributed by atoms with Crippen LogP contribution < -0.4 is 4.90 Å². The van der Waals surface area contributed by atoms with E-state index in [-0.39, 0.29) is 5.91 Å². The summed E-state index contributed by atoms with van der Waals surface area (Å²) in [5.41, 5.74) is 2.16. The minimum atomic E-state index is -0.866. The number of carbonyl (C=O) groups is 1. The lowest BCUT2D eigenvalue weighted by molar-refractivity contribution is -0.140. The van der Waals surface area contributed by atoms with E-state index in [1.54, 1.807) is 4.90 Å². The third-order valence-electron chi connectivity index (χ3n) is 4.03. The first-order chi connectivity index (χ1) is 10.5. The molecule has 0 aliphatic carbocycles. The number of rotatable bonds is 4. The Morgan fingerprint density at radius 3 is 2.77 bits per heavy atom. The van der Waals surface area contributed by atoms with Crippen molar-refractivity contribution in [2.24, 2.45) is 5.92 Å². The molecule has 1 aromatic rings. The Labute approximate surface area is 132 Å². The van der Waals surface area contributed by atoms with E-state index in [0.717, 1.165) is 30.9 Å². The van der Waals surface area contributed by atoms with Gasteiger partial charge >= 0.3 is 0 Å². The zero-order valence-corrected chi connectivity index (χ0v) is 13.8. The third kappa shape index (κ3) is 4.44. The van der Waals surface area contributed by atoms with Gasteiger partial charge in [0.1, 0.15) is 6.10 Å². The number of aliphatic hydroxyl groups is 1. The third-order valence-corrected chi connectivity index (χ3v) is 4.03. The van der Waals surface area contributed by atoms with E-state index < -0.39 is 6.10 Å². The van der Waals surface area contributed by atoms with Crippen LogP contribution in [0.5, 0.6) is 0 Å². The number of aliphatic hydroxyl groups excluding tert-OH is 1. The molecule has 1 fully saturated rings. The van der Waals surface area contributed by atoms with E-state index >= 15 is 0 Å². The molecule has 0 aromatic carbocycles. The summed E-state index contributed by atoms with van der Waals surface area (Å²) >= 11 is 0. The number of amides is 1. The lowest BCUT2D eigenvalue weighted by Gasteiger charge is -2.25. The van der Waals surface area contributed by atoms with Crippen molar-refractivity contribution in [3.05, 3.63) is 24.0 Å². The maximum Gasteiger partial charge on any atom is 0.251 e.